The lowest BCUT2D eigenvalue weighted by molar-refractivity contribution is -0.138. The molecule has 6 nitrogen and oxygen atoms in total. The SMILES string of the molecule is CC(C)(C)OC=O.CN(C)c1ccc(Br)n2c(Cl)c(CO)nc12. The molecule has 0 saturated heterocycles. The van der Waals surface area contributed by atoms with E-state index in [0.29, 0.717) is 17.3 Å². The first kappa shape index (κ1) is 19.7. The molecular weight excluding hydrogens is 386 g/mol. The molecule has 0 fully saturated rings. The number of carbonyl (C=O) groups is 1. The van der Waals surface area contributed by atoms with Gasteiger partial charge in [0.25, 0.3) is 6.47 Å². The first-order valence-corrected chi connectivity index (χ1v) is 8.04. The number of fused-ring (bicyclic) bond motifs is 1. The molecule has 0 saturated carbocycles. The average molecular weight is 407 g/mol. The number of aliphatic hydroxyl groups is 1. The van der Waals surface area contributed by atoms with Crippen molar-refractivity contribution in [3.05, 3.63) is 27.6 Å². The van der Waals surface area contributed by atoms with Gasteiger partial charge in [0.2, 0.25) is 0 Å². The minimum Gasteiger partial charge on any atom is -0.462 e. The van der Waals surface area contributed by atoms with Gasteiger partial charge in [0.1, 0.15) is 16.4 Å². The summed E-state index contributed by atoms with van der Waals surface area (Å²) in [5, 5.41) is 9.59. The van der Waals surface area contributed by atoms with Gasteiger partial charge in [0, 0.05) is 14.1 Å². The maximum absolute atomic E-state index is 9.60. The van der Waals surface area contributed by atoms with Gasteiger partial charge in [0.15, 0.2) is 5.65 Å². The van der Waals surface area contributed by atoms with Crippen LogP contribution >= 0.6 is 27.5 Å². The van der Waals surface area contributed by atoms with Crippen molar-refractivity contribution in [1.82, 2.24) is 9.38 Å². The third kappa shape index (κ3) is 5.09. The van der Waals surface area contributed by atoms with Gasteiger partial charge in [-0.2, -0.15) is 0 Å². The topological polar surface area (TPSA) is 67.1 Å². The minimum absolute atomic E-state index is 0.167. The summed E-state index contributed by atoms with van der Waals surface area (Å²) in [6, 6.07) is 3.85. The van der Waals surface area contributed by atoms with E-state index in [1.807, 2.05) is 51.9 Å². The van der Waals surface area contributed by atoms with Gasteiger partial charge in [0.05, 0.1) is 16.9 Å². The number of aromatic nitrogens is 2. The molecule has 2 rings (SSSR count). The Labute approximate surface area is 149 Å². The summed E-state index contributed by atoms with van der Waals surface area (Å²) in [5.41, 5.74) is 1.84. The fourth-order valence-corrected chi connectivity index (χ4v) is 2.56. The van der Waals surface area contributed by atoms with Crippen LogP contribution in [0.4, 0.5) is 5.69 Å². The summed E-state index contributed by atoms with van der Waals surface area (Å²) in [5.74, 6) is 0. The molecule has 0 aliphatic heterocycles. The van der Waals surface area contributed by atoms with Crippen LogP contribution < -0.4 is 4.90 Å². The number of hydrogen-bond donors (Lipinski definition) is 1. The summed E-state index contributed by atoms with van der Waals surface area (Å²) >= 11 is 9.54. The zero-order valence-corrected chi connectivity index (χ0v) is 16.1. The molecule has 8 heteroatoms. The number of ether oxygens (including phenoxy) is 1. The number of imidazole rings is 1. The summed E-state index contributed by atoms with van der Waals surface area (Å²) in [6.07, 6.45) is 0. The molecule has 0 spiro atoms. The van der Waals surface area contributed by atoms with E-state index in [9.17, 15) is 4.79 Å². The van der Waals surface area contributed by atoms with Gasteiger partial charge in [-0.15, -0.1) is 0 Å². The van der Waals surface area contributed by atoms with Gasteiger partial charge in [-0.3, -0.25) is 9.20 Å². The monoisotopic (exact) mass is 405 g/mol. The zero-order chi connectivity index (χ0) is 17.8. The largest absolute Gasteiger partial charge is 0.462 e. The molecule has 1 N–H and O–H groups in total. The van der Waals surface area contributed by atoms with Crippen LogP contribution in [0.25, 0.3) is 5.65 Å². The van der Waals surface area contributed by atoms with Crippen LogP contribution in [0.1, 0.15) is 26.5 Å². The van der Waals surface area contributed by atoms with Gasteiger partial charge in [-0.05, 0) is 48.8 Å². The van der Waals surface area contributed by atoms with Crippen molar-refractivity contribution >= 4 is 45.3 Å². The number of rotatable bonds is 3. The van der Waals surface area contributed by atoms with Crippen LogP contribution in [0.5, 0.6) is 0 Å². The molecule has 0 bridgehead atoms. The molecule has 0 atom stereocenters. The van der Waals surface area contributed by atoms with Crippen molar-refractivity contribution in [1.29, 1.82) is 0 Å². The Morgan fingerprint density at radius 2 is 2.04 bits per heavy atom. The molecule has 2 heterocycles. The Bertz CT molecular complexity index is 681. The summed E-state index contributed by atoms with van der Waals surface area (Å²) in [7, 11) is 3.87. The van der Waals surface area contributed by atoms with Crippen molar-refractivity contribution in [3.8, 4) is 0 Å². The van der Waals surface area contributed by atoms with Crippen LogP contribution in [0, 0.1) is 0 Å². The lowest BCUT2D eigenvalue weighted by Gasteiger charge is -2.14. The highest BCUT2D eigenvalue weighted by Crippen LogP contribution is 2.29. The summed E-state index contributed by atoms with van der Waals surface area (Å²) < 4.78 is 7.13. The van der Waals surface area contributed by atoms with Crippen molar-refractivity contribution in [3.63, 3.8) is 0 Å². The first-order valence-electron chi connectivity index (χ1n) is 6.87. The predicted octanol–water partition coefficient (Wildman–Crippen LogP) is 3.27. The Morgan fingerprint density at radius 1 is 1.43 bits per heavy atom. The number of hydrogen-bond acceptors (Lipinski definition) is 5. The number of halogens is 2. The second kappa shape index (κ2) is 7.99. The highest BCUT2D eigenvalue weighted by molar-refractivity contribution is 9.10. The van der Waals surface area contributed by atoms with Crippen molar-refractivity contribution < 1.29 is 14.6 Å². The molecule has 0 aliphatic carbocycles. The van der Waals surface area contributed by atoms with E-state index in [4.69, 9.17) is 16.7 Å². The Kier molecular flexibility index (Phi) is 6.85. The second-order valence-electron chi connectivity index (χ2n) is 5.93. The van der Waals surface area contributed by atoms with Crippen LogP contribution in [0.15, 0.2) is 16.7 Å². The molecule has 2 aromatic heterocycles. The van der Waals surface area contributed by atoms with Crippen molar-refractivity contribution in [2.24, 2.45) is 0 Å². The highest BCUT2D eigenvalue weighted by Gasteiger charge is 2.15. The normalized spacial score (nSPS) is 11.0. The van der Waals surface area contributed by atoms with E-state index in [1.165, 1.54) is 0 Å². The van der Waals surface area contributed by atoms with Crippen LogP contribution in [-0.4, -0.2) is 40.7 Å². The molecule has 23 heavy (non-hydrogen) atoms. The summed E-state index contributed by atoms with van der Waals surface area (Å²) in [6.45, 7) is 5.75. The molecule has 2 aromatic rings. The molecule has 0 aliphatic rings. The fourth-order valence-electron chi connectivity index (χ4n) is 1.70. The van der Waals surface area contributed by atoms with Crippen molar-refractivity contribution in [2.45, 2.75) is 33.0 Å². The highest BCUT2D eigenvalue weighted by atomic mass is 79.9. The number of aliphatic hydroxyl groups excluding tert-OH is 1. The Balaban J connectivity index is 0.000000322. The zero-order valence-electron chi connectivity index (χ0n) is 13.8. The molecule has 0 radical (unpaired) electrons. The lowest BCUT2D eigenvalue weighted by Crippen LogP contribution is -2.17. The van der Waals surface area contributed by atoms with Crippen LogP contribution in [-0.2, 0) is 16.1 Å². The number of nitrogens with zero attached hydrogens (tertiary/aromatic N) is 3. The van der Waals surface area contributed by atoms with Crippen LogP contribution in [0.2, 0.25) is 5.15 Å². The van der Waals surface area contributed by atoms with E-state index in [1.54, 1.807) is 4.40 Å². The third-order valence-corrected chi connectivity index (χ3v) is 3.75. The lowest BCUT2D eigenvalue weighted by atomic mass is 10.2. The quantitative estimate of drug-likeness (QED) is 0.626. The molecule has 128 valence electrons. The molecular formula is C15H21BrClN3O3. The smallest absolute Gasteiger partial charge is 0.293 e. The van der Waals surface area contributed by atoms with Gasteiger partial charge >= 0.3 is 0 Å². The molecule has 0 aromatic carbocycles. The number of carbonyl (C=O) groups excluding carboxylic acids is 1. The second-order valence-corrected chi connectivity index (χ2v) is 7.10. The van der Waals surface area contributed by atoms with Gasteiger partial charge < -0.3 is 14.7 Å². The Hall–Kier alpha value is -1.31. The number of pyridine rings is 1. The maximum atomic E-state index is 9.60. The van der Waals surface area contributed by atoms with Crippen molar-refractivity contribution in [2.75, 3.05) is 19.0 Å². The molecule has 0 unspecified atom stereocenters. The van der Waals surface area contributed by atoms with Crippen LogP contribution in [0.3, 0.4) is 0 Å². The first-order chi connectivity index (χ1) is 10.6. The summed E-state index contributed by atoms with van der Waals surface area (Å²) in [4.78, 5) is 15.9. The van der Waals surface area contributed by atoms with Gasteiger partial charge in [-0.25, -0.2) is 4.98 Å². The number of anilines is 1. The van der Waals surface area contributed by atoms with E-state index >= 15 is 0 Å². The van der Waals surface area contributed by atoms with E-state index in [-0.39, 0.29) is 12.2 Å². The Morgan fingerprint density at radius 3 is 2.43 bits per heavy atom. The standard InChI is InChI=1S/C10H11BrClN3O.C5H10O2/c1-14(2)7-3-4-8(11)15-9(12)6(5-16)13-10(7)15;1-5(2,3)7-4-6/h3-4,16H,5H2,1-2H3;4H,1-3H3. The average Bonchev–Trinajstić information content (AvgIpc) is 2.76. The van der Waals surface area contributed by atoms with Gasteiger partial charge in [-0.1, -0.05) is 11.6 Å². The van der Waals surface area contributed by atoms with E-state index in [0.717, 1.165) is 15.9 Å². The maximum Gasteiger partial charge on any atom is 0.293 e. The molecule has 0 amide bonds. The predicted molar refractivity (Wildman–Crippen MR) is 95.1 cm³/mol. The van der Waals surface area contributed by atoms with E-state index < -0.39 is 0 Å². The fraction of sp³-hybridized carbons (Fsp3) is 0.467. The third-order valence-electron chi connectivity index (χ3n) is 2.74. The van der Waals surface area contributed by atoms with E-state index in [2.05, 4.69) is 25.7 Å². The minimum atomic E-state index is -0.318.